The number of nitrogens with one attached hydrogen (secondary N) is 1. The lowest BCUT2D eigenvalue weighted by Gasteiger charge is -2.17. The molecule has 8 nitrogen and oxygen atoms in total. The molecule has 0 saturated heterocycles. The number of nitrogens with zero attached hydrogens (tertiary/aromatic N) is 1. The summed E-state index contributed by atoms with van der Waals surface area (Å²) >= 11 is 0. The number of sulfonamides is 1. The van der Waals surface area contributed by atoms with Gasteiger partial charge < -0.3 is 9.73 Å². The van der Waals surface area contributed by atoms with Gasteiger partial charge in [-0.3, -0.25) is 4.79 Å². The third-order valence-corrected chi connectivity index (χ3v) is 8.65. The lowest BCUT2D eigenvalue weighted by atomic mass is 10.2. The number of rotatable bonds is 8. The van der Waals surface area contributed by atoms with Gasteiger partial charge in [0.1, 0.15) is 0 Å². The van der Waals surface area contributed by atoms with E-state index in [1.807, 2.05) is 30.3 Å². The Morgan fingerprint density at radius 3 is 2.00 bits per heavy atom. The summed E-state index contributed by atoms with van der Waals surface area (Å²) in [6.07, 6.45) is 0. The predicted molar refractivity (Wildman–Crippen MR) is 130 cm³/mol. The highest BCUT2D eigenvalue weighted by Crippen LogP contribution is 2.24. The Balaban J connectivity index is 1.45. The second-order valence-corrected chi connectivity index (χ2v) is 11.6. The summed E-state index contributed by atoms with van der Waals surface area (Å²) in [6, 6.07) is 25.1. The summed E-state index contributed by atoms with van der Waals surface area (Å²) in [7, 11) is -6.14. The van der Waals surface area contributed by atoms with Crippen LogP contribution in [0.1, 0.15) is 16.1 Å². The van der Waals surface area contributed by atoms with Crippen molar-refractivity contribution in [1.82, 2.24) is 4.31 Å². The molecule has 0 aliphatic carbocycles. The van der Waals surface area contributed by atoms with Crippen LogP contribution in [-0.2, 0) is 26.4 Å². The Bertz CT molecular complexity index is 1530. The molecule has 1 amide bonds. The molecule has 1 N–H and O–H groups in total. The van der Waals surface area contributed by atoms with Crippen molar-refractivity contribution >= 4 is 31.5 Å². The van der Waals surface area contributed by atoms with Gasteiger partial charge in [-0.05, 0) is 54.1 Å². The largest absolute Gasteiger partial charge is 0.439 e. The van der Waals surface area contributed by atoms with E-state index < -0.39 is 25.8 Å². The number of hydrogen-bond acceptors (Lipinski definition) is 6. The number of anilines is 1. The van der Waals surface area contributed by atoms with Crippen molar-refractivity contribution < 1.29 is 26.0 Å². The molecule has 0 spiro atoms. The Morgan fingerprint density at radius 2 is 1.37 bits per heavy atom. The van der Waals surface area contributed by atoms with Crippen LogP contribution < -0.4 is 5.32 Å². The summed E-state index contributed by atoms with van der Waals surface area (Å²) in [5.41, 5.74) is 1.18. The van der Waals surface area contributed by atoms with Crippen LogP contribution in [-0.4, -0.2) is 34.1 Å². The van der Waals surface area contributed by atoms with Crippen molar-refractivity contribution in [1.29, 1.82) is 0 Å². The van der Waals surface area contributed by atoms with Gasteiger partial charge in [-0.15, -0.1) is 0 Å². The molecule has 180 valence electrons. The molecule has 4 rings (SSSR count). The van der Waals surface area contributed by atoms with Crippen LogP contribution in [0.25, 0.3) is 0 Å². The van der Waals surface area contributed by atoms with Crippen molar-refractivity contribution in [2.75, 3.05) is 12.4 Å². The first-order valence-electron chi connectivity index (χ1n) is 10.5. The molecular formula is C25H22N2O6S2. The highest BCUT2D eigenvalue weighted by molar-refractivity contribution is 7.91. The van der Waals surface area contributed by atoms with Gasteiger partial charge in [0.05, 0.1) is 9.79 Å². The van der Waals surface area contributed by atoms with Gasteiger partial charge in [-0.2, -0.15) is 4.31 Å². The van der Waals surface area contributed by atoms with Gasteiger partial charge >= 0.3 is 0 Å². The summed E-state index contributed by atoms with van der Waals surface area (Å²) in [6.45, 7) is 0.217. The van der Waals surface area contributed by atoms with E-state index >= 15 is 0 Å². The molecule has 1 heterocycles. The SMILES string of the molecule is CN(Cc1ccccc1)S(=O)(=O)c1ccc(NC(=O)c2ccc(S(=O)(=O)c3ccccc3)o2)cc1. The van der Waals surface area contributed by atoms with Crippen molar-refractivity contribution in [3.8, 4) is 0 Å². The number of amides is 1. The van der Waals surface area contributed by atoms with Gasteiger partial charge in [-0.1, -0.05) is 48.5 Å². The number of carbonyl (C=O) groups excluding carboxylic acids is 1. The van der Waals surface area contributed by atoms with E-state index in [2.05, 4.69) is 5.32 Å². The topological polar surface area (TPSA) is 114 Å². The maximum Gasteiger partial charge on any atom is 0.291 e. The zero-order valence-electron chi connectivity index (χ0n) is 18.7. The minimum absolute atomic E-state index is 0.0512. The van der Waals surface area contributed by atoms with Crippen LogP contribution in [0.15, 0.2) is 116 Å². The molecule has 0 saturated carbocycles. The maximum absolute atomic E-state index is 12.9. The number of benzene rings is 3. The van der Waals surface area contributed by atoms with E-state index in [1.54, 1.807) is 18.2 Å². The van der Waals surface area contributed by atoms with Gasteiger partial charge in [0, 0.05) is 19.3 Å². The average Bonchev–Trinajstić information content (AvgIpc) is 3.37. The fraction of sp³-hybridized carbons (Fsp3) is 0.0800. The third kappa shape index (κ3) is 5.35. The molecule has 0 aliphatic heterocycles. The molecule has 0 aliphatic rings. The van der Waals surface area contributed by atoms with Gasteiger partial charge in [0.25, 0.3) is 5.91 Å². The summed E-state index contributed by atoms with van der Waals surface area (Å²) in [5.74, 6) is -0.866. The second kappa shape index (κ2) is 9.87. The van der Waals surface area contributed by atoms with Crippen LogP contribution in [0.4, 0.5) is 5.69 Å². The molecule has 0 fully saturated rings. The fourth-order valence-corrected chi connectivity index (χ4v) is 5.66. The van der Waals surface area contributed by atoms with E-state index in [0.717, 1.165) is 5.56 Å². The maximum atomic E-state index is 12.9. The third-order valence-electron chi connectivity index (χ3n) is 5.19. The van der Waals surface area contributed by atoms with Crippen molar-refractivity contribution in [3.63, 3.8) is 0 Å². The lowest BCUT2D eigenvalue weighted by molar-refractivity contribution is 0.0991. The van der Waals surface area contributed by atoms with Gasteiger partial charge in [-0.25, -0.2) is 16.8 Å². The minimum Gasteiger partial charge on any atom is -0.439 e. The van der Waals surface area contributed by atoms with E-state index in [0.29, 0.717) is 5.69 Å². The summed E-state index contributed by atoms with van der Waals surface area (Å²) in [4.78, 5) is 12.7. The van der Waals surface area contributed by atoms with Crippen LogP contribution >= 0.6 is 0 Å². The molecule has 4 aromatic rings. The quantitative estimate of drug-likeness (QED) is 0.380. The van der Waals surface area contributed by atoms with Gasteiger partial charge in [0.2, 0.25) is 25.0 Å². The number of hydrogen-bond donors (Lipinski definition) is 1. The van der Waals surface area contributed by atoms with Crippen molar-refractivity contribution in [3.05, 3.63) is 108 Å². The second-order valence-electron chi connectivity index (χ2n) is 7.66. The van der Waals surface area contributed by atoms with Crippen LogP contribution in [0.5, 0.6) is 0 Å². The molecule has 0 radical (unpaired) electrons. The first-order valence-corrected chi connectivity index (χ1v) is 13.4. The number of sulfone groups is 1. The van der Waals surface area contributed by atoms with E-state index in [4.69, 9.17) is 4.42 Å². The van der Waals surface area contributed by atoms with Crippen LogP contribution in [0, 0.1) is 0 Å². The normalized spacial score (nSPS) is 11.9. The first kappa shape index (κ1) is 24.4. The average molecular weight is 511 g/mol. The lowest BCUT2D eigenvalue weighted by Crippen LogP contribution is -2.26. The zero-order valence-corrected chi connectivity index (χ0v) is 20.3. The molecule has 0 atom stereocenters. The molecule has 0 unspecified atom stereocenters. The Morgan fingerprint density at radius 1 is 0.771 bits per heavy atom. The fourth-order valence-electron chi connectivity index (χ4n) is 3.31. The Kier molecular flexibility index (Phi) is 6.88. The van der Waals surface area contributed by atoms with Gasteiger partial charge in [0.15, 0.2) is 5.76 Å². The standard InChI is InChI=1S/C25H22N2O6S2/c1-27(18-19-8-4-2-5-9-19)35(31,32)22-14-12-20(13-15-22)26-25(28)23-16-17-24(33-23)34(29,30)21-10-6-3-7-11-21/h2-17H,18H2,1H3,(H,26,28). The Hall–Kier alpha value is -3.73. The summed E-state index contributed by atoms with van der Waals surface area (Å²) < 4.78 is 57.6. The van der Waals surface area contributed by atoms with Crippen LogP contribution in [0.2, 0.25) is 0 Å². The monoisotopic (exact) mass is 510 g/mol. The molecule has 10 heteroatoms. The number of furan rings is 1. The number of carbonyl (C=O) groups is 1. The van der Waals surface area contributed by atoms with Crippen molar-refractivity contribution in [2.45, 2.75) is 21.4 Å². The highest BCUT2D eigenvalue weighted by atomic mass is 32.2. The molecular weight excluding hydrogens is 488 g/mol. The molecule has 3 aromatic carbocycles. The summed E-state index contributed by atoms with van der Waals surface area (Å²) in [5, 5.41) is 2.22. The smallest absolute Gasteiger partial charge is 0.291 e. The van der Waals surface area contributed by atoms with Crippen molar-refractivity contribution in [2.24, 2.45) is 0 Å². The predicted octanol–water partition coefficient (Wildman–Crippen LogP) is 4.19. The zero-order chi connectivity index (χ0) is 25.1. The first-order chi connectivity index (χ1) is 16.7. The minimum atomic E-state index is -3.90. The van der Waals surface area contributed by atoms with E-state index in [9.17, 15) is 21.6 Å². The molecule has 1 aromatic heterocycles. The van der Waals surface area contributed by atoms with E-state index in [-0.39, 0.29) is 27.2 Å². The molecule has 35 heavy (non-hydrogen) atoms. The van der Waals surface area contributed by atoms with Crippen LogP contribution in [0.3, 0.4) is 0 Å². The molecule has 0 bridgehead atoms. The van der Waals surface area contributed by atoms with E-state index in [1.165, 1.54) is 59.9 Å². The highest BCUT2D eigenvalue weighted by Gasteiger charge is 2.24. The Labute approximate surface area is 203 Å².